The molecule has 1 N–H and O–H groups in total. The zero-order valence-corrected chi connectivity index (χ0v) is 17.5. The van der Waals surface area contributed by atoms with Crippen LogP contribution in [0.4, 0.5) is 5.82 Å². The van der Waals surface area contributed by atoms with Crippen LogP contribution in [-0.4, -0.2) is 47.5 Å². The smallest absolute Gasteiger partial charge is 0.254 e. The van der Waals surface area contributed by atoms with Crippen LogP contribution in [-0.2, 0) is 14.3 Å². The predicted molar refractivity (Wildman–Crippen MR) is 121 cm³/mol. The highest BCUT2D eigenvalue weighted by atomic mass is 16.5. The lowest BCUT2D eigenvalue weighted by Gasteiger charge is -2.18. The van der Waals surface area contributed by atoms with Gasteiger partial charge < -0.3 is 15.0 Å². The van der Waals surface area contributed by atoms with Crippen LogP contribution in [0.3, 0.4) is 0 Å². The van der Waals surface area contributed by atoms with E-state index in [9.17, 15) is 9.59 Å². The molecular formula is C25H27N3O3. The molecule has 2 aliphatic heterocycles. The maximum absolute atomic E-state index is 12.7. The van der Waals surface area contributed by atoms with Gasteiger partial charge >= 0.3 is 0 Å². The molecule has 2 aromatic rings. The Hall–Kier alpha value is -3.25. The highest BCUT2D eigenvalue weighted by molar-refractivity contribution is 5.94. The predicted octanol–water partition coefficient (Wildman–Crippen LogP) is 3.92. The quantitative estimate of drug-likeness (QED) is 0.749. The standard InChI is InChI=1S/C25H27N3O3/c29-24(28-15-4-8-21(14-16-28)20-6-2-1-3-7-20)13-11-19-10-12-23(26-18-19)27-25(30)22-9-5-17-31-22/h1-3,6-8,10-13,18,22H,4-5,9,14-17H2,(H,26,27,30)/b13-11+. The van der Waals surface area contributed by atoms with Gasteiger partial charge in [0.25, 0.3) is 5.91 Å². The van der Waals surface area contributed by atoms with E-state index < -0.39 is 0 Å². The summed E-state index contributed by atoms with van der Waals surface area (Å²) in [5.74, 6) is 0.322. The van der Waals surface area contributed by atoms with Gasteiger partial charge in [0.2, 0.25) is 5.91 Å². The van der Waals surface area contributed by atoms with Crippen LogP contribution < -0.4 is 5.32 Å². The second-order valence-electron chi connectivity index (χ2n) is 7.76. The van der Waals surface area contributed by atoms with Gasteiger partial charge in [-0.05, 0) is 60.6 Å². The number of hydrogen-bond acceptors (Lipinski definition) is 4. The first-order chi connectivity index (χ1) is 15.2. The minimum atomic E-state index is -0.385. The van der Waals surface area contributed by atoms with Gasteiger partial charge in [-0.15, -0.1) is 0 Å². The Kier molecular flexibility index (Phi) is 6.89. The van der Waals surface area contributed by atoms with Gasteiger partial charge in [0.15, 0.2) is 0 Å². The van der Waals surface area contributed by atoms with Gasteiger partial charge in [0.1, 0.15) is 11.9 Å². The largest absolute Gasteiger partial charge is 0.368 e. The molecule has 31 heavy (non-hydrogen) atoms. The van der Waals surface area contributed by atoms with E-state index in [4.69, 9.17) is 4.74 Å². The average molecular weight is 418 g/mol. The van der Waals surface area contributed by atoms with Crippen molar-refractivity contribution in [2.24, 2.45) is 0 Å². The van der Waals surface area contributed by atoms with E-state index in [-0.39, 0.29) is 17.9 Å². The van der Waals surface area contributed by atoms with Gasteiger partial charge in [-0.1, -0.05) is 36.4 Å². The summed E-state index contributed by atoms with van der Waals surface area (Å²) in [6.07, 6.45) is 10.2. The van der Waals surface area contributed by atoms with Crippen molar-refractivity contribution in [3.8, 4) is 0 Å². The number of benzene rings is 1. The number of amides is 2. The van der Waals surface area contributed by atoms with Gasteiger partial charge in [-0.3, -0.25) is 9.59 Å². The summed E-state index contributed by atoms with van der Waals surface area (Å²) in [6, 6.07) is 13.9. The van der Waals surface area contributed by atoms with Crippen LogP contribution in [0, 0.1) is 0 Å². The fourth-order valence-electron chi connectivity index (χ4n) is 3.84. The molecule has 2 amide bonds. The average Bonchev–Trinajstić information content (AvgIpc) is 3.24. The van der Waals surface area contributed by atoms with E-state index in [2.05, 4.69) is 28.5 Å². The Labute approximate surface area is 182 Å². The van der Waals surface area contributed by atoms with Crippen molar-refractivity contribution >= 4 is 29.3 Å². The van der Waals surface area contributed by atoms with E-state index in [1.807, 2.05) is 29.2 Å². The molecule has 1 aromatic heterocycles. The van der Waals surface area contributed by atoms with E-state index >= 15 is 0 Å². The van der Waals surface area contributed by atoms with Crippen LogP contribution in [0.2, 0.25) is 0 Å². The first-order valence-electron chi connectivity index (χ1n) is 10.8. The van der Waals surface area contributed by atoms with E-state index in [0.717, 1.165) is 31.2 Å². The number of rotatable bonds is 5. The summed E-state index contributed by atoms with van der Waals surface area (Å²) in [6.45, 7) is 2.05. The van der Waals surface area contributed by atoms with Crippen molar-refractivity contribution in [1.82, 2.24) is 9.88 Å². The second-order valence-corrected chi connectivity index (χ2v) is 7.76. The first-order valence-corrected chi connectivity index (χ1v) is 10.8. The van der Waals surface area contributed by atoms with Crippen molar-refractivity contribution < 1.29 is 14.3 Å². The number of ether oxygens (including phenoxy) is 1. The van der Waals surface area contributed by atoms with Crippen molar-refractivity contribution in [2.45, 2.75) is 31.8 Å². The van der Waals surface area contributed by atoms with E-state index in [0.29, 0.717) is 25.5 Å². The summed E-state index contributed by atoms with van der Waals surface area (Å²) in [7, 11) is 0. The van der Waals surface area contributed by atoms with Crippen LogP contribution >= 0.6 is 0 Å². The summed E-state index contributed by atoms with van der Waals surface area (Å²) in [5.41, 5.74) is 3.33. The highest BCUT2D eigenvalue weighted by Gasteiger charge is 2.23. The minimum Gasteiger partial charge on any atom is -0.368 e. The molecule has 1 atom stereocenters. The first kappa shape index (κ1) is 21.0. The van der Waals surface area contributed by atoms with Crippen LogP contribution in [0.1, 0.15) is 36.8 Å². The summed E-state index contributed by atoms with van der Waals surface area (Å²) >= 11 is 0. The zero-order chi connectivity index (χ0) is 21.5. The van der Waals surface area contributed by atoms with E-state index in [1.54, 1.807) is 24.4 Å². The number of carbonyl (C=O) groups excluding carboxylic acids is 2. The molecule has 0 radical (unpaired) electrons. The highest BCUT2D eigenvalue weighted by Crippen LogP contribution is 2.22. The Morgan fingerprint density at radius 2 is 2.00 bits per heavy atom. The number of hydrogen-bond donors (Lipinski definition) is 1. The Balaban J connectivity index is 1.29. The third-order valence-corrected chi connectivity index (χ3v) is 5.58. The summed E-state index contributed by atoms with van der Waals surface area (Å²) < 4.78 is 5.38. The molecule has 1 fully saturated rings. The maximum atomic E-state index is 12.7. The number of nitrogens with one attached hydrogen (secondary N) is 1. The molecule has 0 saturated carbocycles. The molecule has 6 nitrogen and oxygen atoms in total. The molecule has 4 rings (SSSR count). The number of aromatic nitrogens is 1. The number of nitrogens with zero attached hydrogens (tertiary/aromatic N) is 2. The lowest BCUT2D eigenvalue weighted by atomic mass is 10.0. The zero-order valence-electron chi connectivity index (χ0n) is 17.5. The van der Waals surface area contributed by atoms with Gasteiger partial charge in [-0.2, -0.15) is 0 Å². The maximum Gasteiger partial charge on any atom is 0.254 e. The summed E-state index contributed by atoms with van der Waals surface area (Å²) in [5, 5.41) is 2.77. The van der Waals surface area contributed by atoms with Crippen molar-refractivity contribution in [3.05, 3.63) is 71.9 Å². The molecule has 6 heteroatoms. The van der Waals surface area contributed by atoms with Crippen molar-refractivity contribution in [2.75, 3.05) is 25.0 Å². The molecule has 0 bridgehead atoms. The van der Waals surface area contributed by atoms with Crippen LogP contribution in [0.25, 0.3) is 11.6 Å². The molecule has 1 aromatic carbocycles. The van der Waals surface area contributed by atoms with E-state index in [1.165, 1.54) is 11.1 Å². The van der Waals surface area contributed by atoms with Crippen LogP contribution in [0.15, 0.2) is 60.8 Å². The lowest BCUT2D eigenvalue weighted by Crippen LogP contribution is -2.30. The lowest BCUT2D eigenvalue weighted by molar-refractivity contribution is -0.126. The molecule has 3 heterocycles. The third kappa shape index (κ3) is 5.67. The molecule has 1 unspecified atom stereocenters. The fraction of sp³-hybridized carbons (Fsp3) is 0.320. The molecule has 0 aliphatic carbocycles. The molecule has 0 spiro atoms. The summed E-state index contributed by atoms with van der Waals surface area (Å²) in [4.78, 5) is 30.9. The number of pyridine rings is 1. The topological polar surface area (TPSA) is 71.5 Å². The normalized spacial score (nSPS) is 19.2. The Morgan fingerprint density at radius 3 is 2.74 bits per heavy atom. The monoisotopic (exact) mass is 417 g/mol. The minimum absolute atomic E-state index is 0.00141. The third-order valence-electron chi connectivity index (χ3n) is 5.58. The Morgan fingerprint density at radius 1 is 1.13 bits per heavy atom. The number of anilines is 1. The van der Waals surface area contributed by atoms with Gasteiger partial charge in [0.05, 0.1) is 0 Å². The van der Waals surface area contributed by atoms with Gasteiger partial charge in [0, 0.05) is 32.0 Å². The Bertz CT molecular complexity index is 961. The molecular weight excluding hydrogens is 390 g/mol. The number of carbonyl (C=O) groups is 2. The SMILES string of the molecule is O=C(Nc1ccc(/C=C/C(=O)N2CCC=C(c3ccccc3)CC2)cn1)C1CCCO1. The van der Waals surface area contributed by atoms with Crippen molar-refractivity contribution in [1.29, 1.82) is 0 Å². The van der Waals surface area contributed by atoms with Crippen molar-refractivity contribution in [3.63, 3.8) is 0 Å². The second kappa shape index (κ2) is 10.2. The molecule has 160 valence electrons. The molecule has 1 saturated heterocycles. The molecule has 2 aliphatic rings. The van der Waals surface area contributed by atoms with Gasteiger partial charge in [-0.25, -0.2) is 4.98 Å². The fourth-order valence-corrected chi connectivity index (χ4v) is 3.84. The van der Waals surface area contributed by atoms with Crippen LogP contribution in [0.5, 0.6) is 0 Å².